The second kappa shape index (κ2) is 9.84. The molecule has 9 heteroatoms. The number of carbonyl (C=O) groups is 2. The van der Waals surface area contributed by atoms with Crippen molar-refractivity contribution in [2.24, 2.45) is 0 Å². The lowest BCUT2D eigenvalue weighted by molar-refractivity contribution is -0.384. The van der Waals surface area contributed by atoms with Gasteiger partial charge >= 0.3 is 0 Å². The quantitative estimate of drug-likeness (QED) is 0.384. The molecule has 0 saturated carbocycles. The number of nitrogens with one attached hydrogen (secondary N) is 1. The molecule has 0 fully saturated rings. The number of non-ortho nitro benzene ring substituents is 1. The van der Waals surface area contributed by atoms with Gasteiger partial charge in [0.05, 0.1) is 16.7 Å². The van der Waals surface area contributed by atoms with Crippen LogP contribution in [0.4, 0.5) is 11.4 Å². The van der Waals surface area contributed by atoms with Gasteiger partial charge in [0.1, 0.15) is 12.3 Å². The zero-order valence-electron chi connectivity index (χ0n) is 16.6. The van der Waals surface area contributed by atoms with Crippen molar-refractivity contribution in [3.63, 3.8) is 0 Å². The number of amides is 2. The molecule has 9 nitrogen and oxygen atoms in total. The van der Waals surface area contributed by atoms with E-state index in [4.69, 9.17) is 9.47 Å². The fourth-order valence-corrected chi connectivity index (χ4v) is 3.06. The minimum Gasteiger partial charge on any atom is -0.482 e. The van der Waals surface area contributed by atoms with Crippen molar-refractivity contribution in [2.75, 3.05) is 31.2 Å². The summed E-state index contributed by atoms with van der Waals surface area (Å²) in [6.07, 6.45) is 0.572. The van der Waals surface area contributed by atoms with Crippen molar-refractivity contribution < 1.29 is 24.0 Å². The Morgan fingerprint density at radius 3 is 2.80 bits per heavy atom. The standard InChI is InChI=1S/C21H23N3O6/c1-15(16-6-3-2-4-7-16)29-11-5-10-22-20(25)13-23-18-12-17(24(27)28)8-9-19(18)30-14-21(23)26/h2-4,6-9,12,15H,5,10-11,13-14H2,1H3,(H,22,25). The van der Waals surface area contributed by atoms with Gasteiger partial charge < -0.3 is 14.8 Å². The molecule has 2 amide bonds. The lowest BCUT2D eigenvalue weighted by Gasteiger charge is -2.28. The molecule has 0 aliphatic carbocycles. The van der Waals surface area contributed by atoms with Crippen LogP contribution in [0, 0.1) is 10.1 Å². The molecule has 2 aromatic carbocycles. The van der Waals surface area contributed by atoms with Gasteiger partial charge in [-0.3, -0.25) is 24.6 Å². The monoisotopic (exact) mass is 413 g/mol. The Labute approximate surface area is 173 Å². The third-order valence-electron chi connectivity index (χ3n) is 4.68. The van der Waals surface area contributed by atoms with E-state index < -0.39 is 10.8 Å². The molecule has 0 saturated heterocycles. The van der Waals surface area contributed by atoms with E-state index in [0.717, 1.165) is 5.56 Å². The fraction of sp³-hybridized carbons (Fsp3) is 0.333. The molecule has 1 unspecified atom stereocenters. The van der Waals surface area contributed by atoms with E-state index in [1.54, 1.807) is 0 Å². The number of nitro groups is 1. The Morgan fingerprint density at radius 1 is 1.30 bits per heavy atom. The summed E-state index contributed by atoms with van der Waals surface area (Å²) >= 11 is 0. The van der Waals surface area contributed by atoms with Crippen molar-refractivity contribution in [3.05, 3.63) is 64.2 Å². The van der Waals surface area contributed by atoms with E-state index in [-0.39, 0.29) is 36.5 Å². The highest BCUT2D eigenvalue weighted by Crippen LogP contribution is 2.35. The first-order valence-corrected chi connectivity index (χ1v) is 9.60. The Balaban J connectivity index is 1.47. The number of fused-ring (bicyclic) bond motifs is 1. The second-order valence-corrected chi connectivity index (χ2v) is 6.80. The number of carbonyl (C=O) groups excluding carboxylic acids is 2. The number of nitro benzene ring substituents is 1. The molecule has 0 spiro atoms. The molecule has 1 heterocycles. The normalized spacial score (nSPS) is 13.9. The van der Waals surface area contributed by atoms with Gasteiger partial charge in [0.2, 0.25) is 5.91 Å². The molecule has 1 N–H and O–H groups in total. The van der Waals surface area contributed by atoms with Crippen LogP contribution in [-0.2, 0) is 14.3 Å². The third-order valence-corrected chi connectivity index (χ3v) is 4.68. The van der Waals surface area contributed by atoms with Gasteiger partial charge in [-0.1, -0.05) is 30.3 Å². The van der Waals surface area contributed by atoms with Crippen molar-refractivity contribution in [3.8, 4) is 5.75 Å². The zero-order valence-corrected chi connectivity index (χ0v) is 16.6. The third kappa shape index (κ3) is 5.32. The summed E-state index contributed by atoms with van der Waals surface area (Å²) in [6.45, 7) is 2.37. The lowest BCUT2D eigenvalue weighted by Crippen LogP contribution is -2.45. The van der Waals surface area contributed by atoms with Crippen LogP contribution in [0.3, 0.4) is 0 Å². The summed E-state index contributed by atoms with van der Waals surface area (Å²) in [7, 11) is 0. The molecule has 3 rings (SSSR count). The van der Waals surface area contributed by atoms with Crippen molar-refractivity contribution >= 4 is 23.2 Å². The van der Waals surface area contributed by atoms with E-state index in [2.05, 4.69) is 5.32 Å². The largest absolute Gasteiger partial charge is 0.482 e. The molecule has 1 atom stereocenters. The van der Waals surface area contributed by atoms with Gasteiger partial charge in [0.15, 0.2) is 6.61 Å². The molecule has 0 radical (unpaired) electrons. The van der Waals surface area contributed by atoms with Gasteiger partial charge in [0.25, 0.3) is 11.6 Å². The molecule has 0 aromatic heterocycles. The minimum atomic E-state index is -0.561. The van der Waals surface area contributed by atoms with Crippen LogP contribution < -0.4 is 15.0 Å². The van der Waals surface area contributed by atoms with Crippen LogP contribution >= 0.6 is 0 Å². The highest BCUT2D eigenvalue weighted by Gasteiger charge is 2.29. The number of anilines is 1. The first-order chi connectivity index (χ1) is 14.5. The van der Waals surface area contributed by atoms with E-state index in [1.165, 1.54) is 23.1 Å². The maximum absolute atomic E-state index is 12.3. The molecule has 0 bridgehead atoms. The maximum Gasteiger partial charge on any atom is 0.271 e. The number of rotatable bonds is 9. The van der Waals surface area contributed by atoms with Crippen LogP contribution in [0.5, 0.6) is 5.75 Å². The Kier molecular flexibility index (Phi) is 6.97. The predicted molar refractivity (Wildman–Crippen MR) is 109 cm³/mol. The number of ether oxygens (including phenoxy) is 2. The highest BCUT2D eigenvalue weighted by molar-refractivity contribution is 6.02. The summed E-state index contributed by atoms with van der Waals surface area (Å²) in [6, 6.07) is 13.8. The smallest absolute Gasteiger partial charge is 0.271 e. The van der Waals surface area contributed by atoms with Crippen LogP contribution in [0.15, 0.2) is 48.5 Å². The number of hydrogen-bond acceptors (Lipinski definition) is 6. The van der Waals surface area contributed by atoms with Gasteiger partial charge in [-0.25, -0.2) is 0 Å². The Hall–Kier alpha value is -3.46. The zero-order chi connectivity index (χ0) is 21.5. The summed E-state index contributed by atoms with van der Waals surface area (Å²) in [5.41, 5.74) is 1.12. The molecule has 158 valence electrons. The van der Waals surface area contributed by atoms with Gasteiger partial charge in [-0.2, -0.15) is 0 Å². The minimum absolute atomic E-state index is 0.0415. The summed E-state index contributed by atoms with van der Waals surface area (Å²) < 4.78 is 11.1. The summed E-state index contributed by atoms with van der Waals surface area (Å²) in [4.78, 5) is 36.1. The van der Waals surface area contributed by atoms with Crippen LogP contribution in [0.1, 0.15) is 25.0 Å². The molecule has 2 aromatic rings. The highest BCUT2D eigenvalue weighted by atomic mass is 16.6. The second-order valence-electron chi connectivity index (χ2n) is 6.80. The van der Waals surface area contributed by atoms with Crippen molar-refractivity contribution in [1.82, 2.24) is 5.32 Å². The fourth-order valence-electron chi connectivity index (χ4n) is 3.06. The molecule has 30 heavy (non-hydrogen) atoms. The van der Waals surface area contributed by atoms with Gasteiger partial charge in [0, 0.05) is 25.3 Å². The molecule has 1 aliphatic rings. The predicted octanol–water partition coefficient (Wildman–Crippen LogP) is 2.60. The number of nitrogens with zero attached hydrogens (tertiary/aromatic N) is 2. The van der Waals surface area contributed by atoms with Crippen LogP contribution in [0.2, 0.25) is 0 Å². The number of benzene rings is 2. The van der Waals surface area contributed by atoms with Crippen LogP contribution in [0.25, 0.3) is 0 Å². The van der Waals surface area contributed by atoms with Crippen LogP contribution in [-0.4, -0.2) is 43.0 Å². The Morgan fingerprint density at radius 2 is 2.07 bits per heavy atom. The first-order valence-electron chi connectivity index (χ1n) is 9.60. The molecule has 1 aliphatic heterocycles. The van der Waals surface area contributed by atoms with Crippen molar-refractivity contribution in [2.45, 2.75) is 19.4 Å². The molecular weight excluding hydrogens is 390 g/mol. The van der Waals surface area contributed by atoms with E-state index in [9.17, 15) is 19.7 Å². The SMILES string of the molecule is CC(OCCCNC(=O)CN1C(=O)COc2ccc([N+](=O)[O-])cc21)c1ccccc1. The maximum atomic E-state index is 12.3. The average molecular weight is 413 g/mol. The molecular formula is C21H23N3O6. The summed E-state index contributed by atoms with van der Waals surface area (Å²) in [5.74, 6) is -0.465. The summed E-state index contributed by atoms with van der Waals surface area (Å²) in [5, 5.41) is 13.8. The average Bonchev–Trinajstić information content (AvgIpc) is 2.75. The lowest BCUT2D eigenvalue weighted by atomic mass is 10.1. The topological polar surface area (TPSA) is 111 Å². The van der Waals surface area contributed by atoms with E-state index in [0.29, 0.717) is 25.3 Å². The van der Waals surface area contributed by atoms with Gasteiger partial charge in [-0.15, -0.1) is 0 Å². The Bertz CT molecular complexity index is 918. The first kappa shape index (κ1) is 21.3. The number of hydrogen-bond donors (Lipinski definition) is 1. The van der Waals surface area contributed by atoms with Crippen molar-refractivity contribution in [1.29, 1.82) is 0 Å². The van der Waals surface area contributed by atoms with E-state index >= 15 is 0 Å². The van der Waals surface area contributed by atoms with E-state index in [1.807, 2.05) is 37.3 Å². The van der Waals surface area contributed by atoms with Gasteiger partial charge in [-0.05, 0) is 25.0 Å².